The molecule has 3 fully saturated rings. The second-order valence-corrected chi connectivity index (χ2v) is 9.37. The molecule has 4 rings (SSSR count). The van der Waals surface area contributed by atoms with Gasteiger partial charge < -0.3 is 0 Å². The minimum atomic E-state index is -3.58. The third-order valence-corrected chi connectivity index (χ3v) is 8.04. The first-order valence-corrected chi connectivity index (χ1v) is 10.4. The standard InChI is InChI=1S/C17H23N3O4S/c21-20(22)15-3-5-16(6-4-15)25(23,24)19-9-7-18(8-10-19)17-12-13-1-2-14(17)11-13/h3-6,13-14,17H,1-2,7-12H2/t13-,14-,17-/m0/s1. The van der Waals surface area contributed by atoms with Gasteiger partial charge in [0.1, 0.15) is 0 Å². The molecule has 3 atom stereocenters. The average molecular weight is 365 g/mol. The van der Waals surface area contributed by atoms with Gasteiger partial charge in [-0.3, -0.25) is 15.0 Å². The molecule has 25 heavy (non-hydrogen) atoms. The summed E-state index contributed by atoms with van der Waals surface area (Å²) >= 11 is 0. The summed E-state index contributed by atoms with van der Waals surface area (Å²) in [6.07, 6.45) is 5.33. The Kier molecular flexibility index (Phi) is 4.29. The third kappa shape index (κ3) is 3.07. The van der Waals surface area contributed by atoms with E-state index in [1.807, 2.05) is 0 Å². The number of hydrogen-bond donors (Lipinski definition) is 0. The number of fused-ring (bicyclic) bond motifs is 2. The number of nitro benzene ring substituents is 1. The molecule has 1 aromatic carbocycles. The first-order valence-electron chi connectivity index (χ1n) is 8.94. The molecule has 2 bridgehead atoms. The Bertz CT molecular complexity index is 757. The van der Waals surface area contributed by atoms with Crippen LogP contribution in [0.25, 0.3) is 0 Å². The van der Waals surface area contributed by atoms with Crippen molar-refractivity contribution in [3.05, 3.63) is 34.4 Å². The van der Waals surface area contributed by atoms with Gasteiger partial charge in [0, 0.05) is 44.4 Å². The molecular weight excluding hydrogens is 342 g/mol. The molecule has 1 aliphatic heterocycles. The summed E-state index contributed by atoms with van der Waals surface area (Å²) in [5.74, 6) is 1.69. The quantitative estimate of drug-likeness (QED) is 0.603. The number of benzene rings is 1. The van der Waals surface area contributed by atoms with Crippen LogP contribution in [0.5, 0.6) is 0 Å². The normalized spacial score (nSPS) is 30.6. The van der Waals surface area contributed by atoms with E-state index in [4.69, 9.17) is 0 Å². The predicted octanol–water partition coefficient (Wildman–Crippen LogP) is 2.09. The van der Waals surface area contributed by atoms with Crippen LogP contribution in [0, 0.1) is 22.0 Å². The Balaban J connectivity index is 1.41. The molecule has 2 aliphatic carbocycles. The van der Waals surface area contributed by atoms with Crippen LogP contribution in [0.4, 0.5) is 5.69 Å². The Morgan fingerprint density at radius 2 is 1.68 bits per heavy atom. The summed E-state index contributed by atoms with van der Waals surface area (Å²) in [6.45, 7) is 2.54. The number of nitro groups is 1. The Labute approximate surface area is 147 Å². The predicted molar refractivity (Wildman–Crippen MR) is 92.7 cm³/mol. The van der Waals surface area contributed by atoms with Crippen LogP contribution < -0.4 is 0 Å². The lowest BCUT2D eigenvalue weighted by atomic mass is 9.93. The van der Waals surface area contributed by atoms with Crippen molar-refractivity contribution in [1.29, 1.82) is 0 Å². The summed E-state index contributed by atoms with van der Waals surface area (Å²) in [7, 11) is -3.58. The van der Waals surface area contributed by atoms with Crippen LogP contribution in [0.1, 0.15) is 25.7 Å². The molecule has 2 saturated carbocycles. The van der Waals surface area contributed by atoms with Crippen molar-refractivity contribution < 1.29 is 13.3 Å². The first-order chi connectivity index (χ1) is 11.9. The molecule has 7 nitrogen and oxygen atoms in total. The van der Waals surface area contributed by atoms with Gasteiger partial charge in [-0.25, -0.2) is 8.42 Å². The van der Waals surface area contributed by atoms with E-state index in [0.29, 0.717) is 19.1 Å². The monoisotopic (exact) mass is 365 g/mol. The molecule has 8 heteroatoms. The lowest BCUT2D eigenvalue weighted by molar-refractivity contribution is -0.384. The highest BCUT2D eigenvalue weighted by Crippen LogP contribution is 2.46. The molecular formula is C17H23N3O4S. The molecule has 0 N–H and O–H groups in total. The second-order valence-electron chi connectivity index (χ2n) is 7.43. The maximum absolute atomic E-state index is 12.8. The van der Waals surface area contributed by atoms with Crippen molar-refractivity contribution in [2.24, 2.45) is 11.8 Å². The fourth-order valence-corrected chi connectivity index (χ4v) is 6.25. The van der Waals surface area contributed by atoms with E-state index in [1.165, 1.54) is 54.3 Å². The van der Waals surface area contributed by atoms with E-state index >= 15 is 0 Å². The van der Waals surface area contributed by atoms with E-state index in [9.17, 15) is 18.5 Å². The Morgan fingerprint density at radius 1 is 1.00 bits per heavy atom. The van der Waals surface area contributed by atoms with Crippen LogP contribution in [0.15, 0.2) is 29.2 Å². The zero-order valence-corrected chi connectivity index (χ0v) is 14.9. The summed E-state index contributed by atoms with van der Waals surface area (Å²) in [6, 6.07) is 5.80. The number of sulfonamides is 1. The molecule has 0 spiro atoms. The lowest BCUT2D eigenvalue weighted by Crippen LogP contribution is -2.53. The van der Waals surface area contributed by atoms with Crippen molar-refractivity contribution >= 4 is 15.7 Å². The molecule has 0 amide bonds. The van der Waals surface area contributed by atoms with Gasteiger partial charge in [-0.1, -0.05) is 6.42 Å². The van der Waals surface area contributed by atoms with Gasteiger partial charge in [-0.2, -0.15) is 4.31 Å². The van der Waals surface area contributed by atoms with Crippen molar-refractivity contribution in [3.63, 3.8) is 0 Å². The van der Waals surface area contributed by atoms with Gasteiger partial charge in [0.2, 0.25) is 10.0 Å². The van der Waals surface area contributed by atoms with E-state index in [1.54, 1.807) is 0 Å². The minimum absolute atomic E-state index is 0.0972. The summed E-state index contributed by atoms with van der Waals surface area (Å²) < 4.78 is 27.0. The van der Waals surface area contributed by atoms with Gasteiger partial charge in [-0.05, 0) is 43.2 Å². The number of rotatable bonds is 4. The summed E-state index contributed by atoms with van der Waals surface area (Å²) in [5.41, 5.74) is -0.0972. The maximum atomic E-state index is 12.8. The molecule has 0 radical (unpaired) electrons. The molecule has 1 heterocycles. The van der Waals surface area contributed by atoms with Crippen LogP contribution in [-0.2, 0) is 10.0 Å². The Hall–Kier alpha value is -1.51. The van der Waals surface area contributed by atoms with Crippen LogP contribution in [0.3, 0.4) is 0 Å². The first kappa shape index (κ1) is 16.9. The number of hydrogen-bond acceptors (Lipinski definition) is 5. The van der Waals surface area contributed by atoms with Gasteiger partial charge in [0.15, 0.2) is 0 Å². The highest BCUT2D eigenvalue weighted by molar-refractivity contribution is 7.89. The fourth-order valence-electron chi connectivity index (χ4n) is 4.82. The van der Waals surface area contributed by atoms with E-state index in [0.717, 1.165) is 24.9 Å². The maximum Gasteiger partial charge on any atom is 0.269 e. The molecule has 136 valence electrons. The zero-order chi connectivity index (χ0) is 17.6. The van der Waals surface area contributed by atoms with Gasteiger partial charge in [-0.15, -0.1) is 0 Å². The van der Waals surface area contributed by atoms with Crippen LogP contribution in [0.2, 0.25) is 0 Å². The second kappa shape index (κ2) is 6.34. The number of piperazine rings is 1. The number of nitrogens with zero attached hydrogens (tertiary/aromatic N) is 3. The lowest BCUT2D eigenvalue weighted by Gasteiger charge is -2.40. The fraction of sp³-hybridized carbons (Fsp3) is 0.647. The summed E-state index contributed by atoms with van der Waals surface area (Å²) in [4.78, 5) is 12.8. The van der Waals surface area contributed by atoms with E-state index in [-0.39, 0.29) is 10.6 Å². The van der Waals surface area contributed by atoms with Crippen LogP contribution in [-0.4, -0.2) is 54.8 Å². The van der Waals surface area contributed by atoms with Crippen LogP contribution >= 0.6 is 0 Å². The Morgan fingerprint density at radius 3 is 2.20 bits per heavy atom. The largest absolute Gasteiger partial charge is 0.297 e. The highest BCUT2D eigenvalue weighted by Gasteiger charge is 2.43. The third-order valence-electron chi connectivity index (χ3n) is 6.13. The number of non-ortho nitro benzene ring substituents is 1. The van der Waals surface area contributed by atoms with Gasteiger partial charge in [0.05, 0.1) is 9.82 Å². The topological polar surface area (TPSA) is 83.8 Å². The highest BCUT2D eigenvalue weighted by atomic mass is 32.2. The molecule has 0 unspecified atom stereocenters. The molecule has 1 saturated heterocycles. The SMILES string of the molecule is O=[N+]([O-])c1ccc(S(=O)(=O)N2CCN([C@H]3C[C@H]4CC[C@H]3C4)CC2)cc1. The van der Waals surface area contributed by atoms with Gasteiger partial charge in [0.25, 0.3) is 5.69 Å². The smallest absolute Gasteiger partial charge is 0.269 e. The van der Waals surface area contributed by atoms with E-state index < -0.39 is 14.9 Å². The van der Waals surface area contributed by atoms with Crippen molar-refractivity contribution in [3.8, 4) is 0 Å². The zero-order valence-electron chi connectivity index (χ0n) is 14.1. The summed E-state index contributed by atoms with van der Waals surface area (Å²) in [5, 5.41) is 10.7. The van der Waals surface area contributed by atoms with E-state index in [2.05, 4.69) is 4.90 Å². The van der Waals surface area contributed by atoms with Crippen molar-refractivity contribution in [2.75, 3.05) is 26.2 Å². The molecule has 0 aromatic heterocycles. The average Bonchev–Trinajstić information content (AvgIpc) is 3.25. The molecule has 3 aliphatic rings. The molecule has 1 aromatic rings. The van der Waals surface area contributed by atoms with Gasteiger partial charge >= 0.3 is 0 Å². The van der Waals surface area contributed by atoms with Crippen molar-refractivity contribution in [1.82, 2.24) is 9.21 Å². The van der Waals surface area contributed by atoms with Crippen molar-refractivity contribution in [2.45, 2.75) is 36.6 Å². The minimum Gasteiger partial charge on any atom is -0.297 e.